The first-order chi connectivity index (χ1) is 8.97. The maximum absolute atomic E-state index is 10.8. The van der Waals surface area contributed by atoms with Crippen molar-refractivity contribution in [2.45, 2.75) is 26.8 Å². The van der Waals surface area contributed by atoms with Crippen molar-refractivity contribution in [2.75, 3.05) is 0 Å². The molecule has 1 aromatic heterocycles. The number of aromatic nitrogens is 2. The van der Waals surface area contributed by atoms with Crippen LogP contribution in [0.3, 0.4) is 0 Å². The lowest BCUT2D eigenvalue weighted by Gasteiger charge is -2.05. The second-order valence-corrected chi connectivity index (χ2v) is 4.54. The van der Waals surface area contributed by atoms with Gasteiger partial charge in [-0.05, 0) is 31.5 Å². The molecule has 0 unspecified atom stereocenters. The van der Waals surface area contributed by atoms with Crippen LogP contribution in [0.1, 0.15) is 22.5 Å². The van der Waals surface area contributed by atoms with E-state index in [1.807, 2.05) is 26.0 Å². The summed E-state index contributed by atoms with van der Waals surface area (Å²) in [5.74, 6) is -0.626. The number of phenols is 1. The van der Waals surface area contributed by atoms with E-state index in [2.05, 4.69) is 5.10 Å². The molecule has 0 radical (unpaired) electrons. The number of carboxylic acid groups (broad SMARTS) is 1. The Morgan fingerprint density at radius 3 is 2.47 bits per heavy atom. The second-order valence-electron chi connectivity index (χ2n) is 4.54. The van der Waals surface area contributed by atoms with Crippen LogP contribution in [0.15, 0.2) is 24.3 Å². The summed E-state index contributed by atoms with van der Waals surface area (Å²) in [6.07, 6.45) is -0.00670. The van der Waals surface area contributed by atoms with Gasteiger partial charge in [0, 0.05) is 11.3 Å². The molecule has 0 amide bonds. The zero-order chi connectivity index (χ0) is 14.0. The largest absolute Gasteiger partial charge is 0.508 e. The molecule has 19 heavy (non-hydrogen) atoms. The fraction of sp³-hybridized carbons (Fsp3) is 0.286. The Morgan fingerprint density at radius 1 is 1.26 bits per heavy atom. The molecule has 2 N–H and O–H groups in total. The minimum Gasteiger partial charge on any atom is -0.508 e. The van der Waals surface area contributed by atoms with Gasteiger partial charge in [0.1, 0.15) is 5.75 Å². The van der Waals surface area contributed by atoms with E-state index >= 15 is 0 Å². The zero-order valence-electron chi connectivity index (χ0n) is 10.9. The van der Waals surface area contributed by atoms with Gasteiger partial charge < -0.3 is 10.2 Å². The van der Waals surface area contributed by atoms with Crippen LogP contribution in [-0.2, 0) is 17.8 Å². The van der Waals surface area contributed by atoms with Gasteiger partial charge in [0.15, 0.2) is 0 Å². The number of hydrogen-bond acceptors (Lipinski definition) is 3. The van der Waals surface area contributed by atoms with Crippen molar-refractivity contribution in [1.29, 1.82) is 0 Å². The lowest BCUT2D eigenvalue weighted by molar-refractivity contribution is -0.136. The molecule has 100 valence electrons. The summed E-state index contributed by atoms with van der Waals surface area (Å²) in [6, 6.07) is 6.89. The van der Waals surface area contributed by atoms with Gasteiger partial charge >= 0.3 is 5.97 Å². The van der Waals surface area contributed by atoms with Crippen molar-refractivity contribution in [1.82, 2.24) is 9.78 Å². The van der Waals surface area contributed by atoms with E-state index in [0.29, 0.717) is 6.54 Å². The molecule has 0 fully saturated rings. The average molecular weight is 260 g/mol. The predicted octanol–water partition coefficient (Wildman–Crippen LogP) is 1.88. The molecule has 0 atom stereocenters. The smallest absolute Gasteiger partial charge is 0.307 e. The van der Waals surface area contributed by atoms with Crippen molar-refractivity contribution in [3.05, 3.63) is 46.8 Å². The lowest BCUT2D eigenvalue weighted by Crippen LogP contribution is -2.06. The summed E-state index contributed by atoms with van der Waals surface area (Å²) in [5.41, 5.74) is 3.39. The molecule has 1 heterocycles. The maximum atomic E-state index is 10.8. The number of aryl methyl sites for hydroxylation is 1. The van der Waals surface area contributed by atoms with Crippen molar-refractivity contribution >= 4 is 5.97 Å². The maximum Gasteiger partial charge on any atom is 0.307 e. The molecule has 2 rings (SSSR count). The number of hydrogen-bond donors (Lipinski definition) is 2. The van der Waals surface area contributed by atoms with E-state index in [-0.39, 0.29) is 12.2 Å². The Bertz CT molecular complexity index is 600. The first-order valence-corrected chi connectivity index (χ1v) is 6.00. The first-order valence-electron chi connectivity index (χ1n) is 6.00. The number of carbonyl (C=O) groups is 1. The third-order valence-electron chi connectivity index (χ3n) is 3.13. The van der Waals surface area contributed by atoms with E-state index in [1.165, 1.54) is 0 Å². The second kappa shape index (κ2) is 5.14. The highest BCUT2D eigenvalue weighted by molar-refractivity contribution is 5.70. The molecule has 5 heteroatoms. The summed E-state index contributed by atoms with van der Waals surface area (Å²) in [6.45, 7) is 4.25. The van der Waals surface area contributed by atoms with Gasteiger partial charge in [-0.25, -0.2) is 0 Å². The fourth-order valence-electron chi connectivity index (χ4n) is 2.07. The first kappa shape index (κ1) is 13.1. The molecule has 0 aliphatic carbocycles. The summed E-state index contributed by atoms with van der Waals surface area (Å²) >= 11 is 0. The molecule has 0 saturated heterocycles. The van der Waals surface area contributed by atoms with E-state index in [0.717, 1.165) is 22.5 Å². The third-order valence-corrected chi connectivity index (χ3v) is 3.13. The molecule has 0 aliphatic rings. The molecule has 2 aromatic rings. The molecular formula is C14H16N2O3. The minimum atomic E-state index is -0.851. The minimum absolute atomic E-state index is 0.00670. The van der Waals surface area contributed by atoms with Crippen LogP contribution in [0, 0.1) is 13.8 Å². The van der Waals surface area contributed by atoms with Crippen LogP contribution < -0.4 is 0 Å². The molecule has 5 nitrogen and oxygen atoms in total. The molecule has 0 bridgehead atoms. The molecule has 0 aliphatic heterocycles. The van der Waals surface area contributed by atoms with Crippen LogP contribution in [0.4, 0.5) is 0 Å². The van der Waals surface area contributed by atoms with Gasteiger partial charge in [-0.2, -0.15) is 5.10 Å². The normalized spacial score (nSPS) is 10.6. The number of rotatable bonds is 4. The van der Waals surface area contributed by atoms with Gasteiger partial charge in [0.2, 0.25) is 0 Å². The van der Waals surface area contributed by atoms with E-state index in [4.69, 9.17) is 5.11 Å². The number of aliphatic carboxylic acids is 1. The van der Waals surface area contributed by atoms with Gasteiger partial charge in [-0.15, -0.1) is 0 Å². The molecule has 0 spiro atoms. The van der Waals surface area contributed by atoms with Crippen molar-refractivity contribution in [2.24, 2.45) is 0 Å². The van der Waals surface area contributed by atoms with Crippen LogP contribution in [0.5, 0.6) is 5.75 Å². The Balaban J connectivity index is 2.26. The number of phenolic OH excluding ortho intramolecular Hbond substituents is 1. The number of carboxylic acids is 1. The highest BCUT2D eigenvalue weighted by Gasteiger charge is 2.14. The monoisotopic (exact) mass is 260 g/mol. The van der Waals surface area contributed by atoms with E-state index in [1.54, 1.807) is 16.8 Å². The number of nitrogens with zero attached hydrogens (tertiary/aromatic N) is 2. The topological polar surface area (TPSA) is 75.3 Å². The third kappa shape index (κ3) is 2.93. The van der Waals surface area contributed by atoms with Gasteiger partial charge in [-0.1, -0.05) is 12.1 Å². The Hall–Kier alpha value is -2.30. The molecular weight excluding hydrogens is 244 g/mol. The summed E-state index contributed by atoms with van der Waals surface area (Å²) in [4.78, 5) is 10.8. The molecule has 1 aromatic carbocycles. The van der Waals surface area contributed by atoms with Crippen molar-refractivity contribution < 1.29 is 15.0 Å². The quantitative estimate of drug-likeness (QED) is 0.880. The van der Waals surface area contributed by atoms with Crippen molar-refractivity contribution in [3.8, 4) is 5.75 Å². The summed E-state index contributed by atoms with van der Waals surface area (Å²) in [7, 11) is 0. The van der Waals surface area contributed by atoms with Crippen LogP contribution in [0.25, 0.3) is 0 Å². The Morgan fingerprint density at radius 2 is 1.89 bits per heavy atom. The van der Waals surface area contributed by atoms with Gasteiger partial charge in [0.05, 0.1) is 18.7 Å². The summed E-state index contributed by atoms with van der Waals surface area (Å²) in [5, 5.41) is 22.5. The van der Waals surface area contributed by atoms with Crippen LogP contribution in [0.2, 0.25) is 0 Å². The van der Waals surface area contributed by atoms with Crippen LogP contribution in [-0.4, -0.2) is 26.0 Å². The number of benzene rings is 1. The average Bonchev–Trinajstić information content (AvgIpc) is 2.60. The highest BCUT2D eigenvalue weighted by atomic mass is 16.4. The van der Waals surface area contributed by atoms with Gasteiger partial charge in [0.25, 0.3) is 0 Å². The standard InChI is InChI=1S/C14H16N2O3/c1-9-13(7-14(18)19)10(2)16(15-9)8-11-3-5-12(17)6-4-11/h3-6,17H,7-8H2,1-2H3,(H,18,19). The zero-order valence-corrected chi connectivity index (χ0v) is 10.9. The highest BCUT2D eigenvalue weighted by Crippen LogP contribution is 2.16. The van der Waals surface area contributed by atoms with Crippen LogP contribution >= 0.6 is 0 Å². The Labute approximate surface area is 111 Å². The number of aromatic hydroxyl groups is 1. The van der Waals surface area contributed by atoms with Gasteiger partial charge in [-0.3, -0.25) is 9.48 Å². The predicted molar refractivity (Wildman–Crippen MR) is 70.2 cm³/mol. The Kier molecular flexibility index (Phi) is 3.55. The van der Waals surface area contributed by atoms with E-state index < -0.39 is 5.97 Å². The molecule has 0 saturated carbocycles. The van der Waals surface area contributed by atoms with E-state index in [9.17, 15) is 9.90 Å². The van der Waals surface area contributed by atoms with Crippen molar-refractivity contribution in [3.63, 3.8) is 0 Å². The summed E-state index contributed by atoms with van der Waals surface area (Å²) < 4.78 is 1.79. The SMILES string of the molecule is Cc1nn(Cc2ccc(O)cc2)c(C)c1CC(=O)O. The fourth-order valence-corrected chi connectivity index (χ4v) is 2.07. The lowest BCUT2D eigenvalue weighted by atomic mass is 10.1.